The summed E-state index contributed by atoms with van der Waals surface area (Å²) in [6.45, 7) is 1.99. The number of amides is 2. The van der Waals surface area contributed by atoms with Crippen LogP contribution in [0.2, 0.25) is 10.0 Å². The van der Waals surface area contributed by atoms with Gasteiger partial charge in [-0.05, 0) is 72.3 Å². The van der Waals surface area contributed by atoms with Gasteiger partial charge in [0.05, 0.1) is 34.2 Å². The molecule has 178 valence electrons. The number of rotatable bonds is 6. The first-order valence-corrected chi connectivity index (χ1v) is 12.0. The lowest BCUT2D eigenvalue weighted by molar-refractivity contribution is -0.123. The average Bonchev–Trinajstić information content (AvgIpc) is 3.09. The summed E-state index contributed by atoms with van der Waals surface area (Å²) in [6.07, 6.45) is 1.57. The molecule has 1 aliphatic rings. The Kier molecular flexibility index (Phi) is 7.50. The van der Waals surface area contributed by atoms with Crippen LogP contribution in [0.4, 0.5) is 4.79 Å². The minimum Gasteiger partial charge on any atom is -0.493 e. The molecule has 0 aliphatic carbocycles. The van der Waals surface area contributed by atoms with Crippen LogP contribution in [0.1, 0.15) is 27.0 Å². The molecule has 0 atom stereocenters. The molecule has 2 amide bonds. The number of esters is 1. The third-order valence-corrected chi connectivity index (χ3v) is 6.82. The highest BCUT2D eigenvalue weighted by Crippen LogP contribution is 2.36. The lowest BCUT2D eigenvalue weighted by Crippen LogP contribution is -2.27. The molecule has 9 heteroatoms. The van der Waals surface area contributed by atoms with Gasteiger partial charge in [0.15, 0.2) is 11.5 Å². The van der Waals surface area contributed by atoms with E-state index in [0.29, 0.717) is 32.5 Å². The van der Waals surface area contributed by atoms with E-state index >= 15 is 0 Å². The molecule has 4 rings (SSSR count). The Bertz CT molecular complexity index is 1350. The summed E-state index contributed by atoms with van der Waals surface area (Å²) in [7, 11) is 1.46. The Morgan fingerprint density at radius 2 is 1.71 bits per heavy atom. The van der Waals surface area contributed by atoms with Crippen molar-refractivity contribution in [2.24, 2.45) is 0 Å². The molecule has 35 heavy (non-hydrogen) atoms. The van der Waals surface area contributed by atoms with Crippen molar-refractivity contribution in [1.29, 1.82) is 0 Å². The molecule has 1 aliphatic heterocycles. The van der Waals surface area contributed by atoms with Crippen molar-refractivity contribution >= 4 is 58.2 Å². The number of hydrogen-bond acceptors (Lipinski definition) is 6. The van der Waals surface area contributed by atoms with Crippen LogP contribution in [0.5, 0.6) is 11.5 Å². The minimum atomic E-state index is -0.539. The maximum Gasteiger partial charge on any atom is 0.343 e. The summed E-state index contributed by atoms with van der Waals surface area (Å²) >= 11 is 12.8. The zero-order chi connectivity index (χ0) is 25.1. The molecule has 1 saturated heterocycles. The summed E-state index contributed by atoms with van der Waals surface area (Å²) in [6, 6.07) is 16.8. The molecule has 1 heterocycles. The van der Waals surface area contributed by atoms with Gasteiger partial charge in [-0.2, -0.15) is 0 Å². The predicted molar refractivity (Wildman–Crippen MR) is 137 cm³/mol. The van der Waals surface area contributed by atoms with Gasteiger partial charge in [-0.15, -0.1) is 0 Å². The number of hydrogen-bond donors (Lipinski definition) is 0. The maximum absolute atomic E-state index is 12.9. The second kappa shape index (κ2) is 10.6. The summed E-state index contributed by atoms with van der Waals surface area (Å²) in [5.41, 5.74) is 2.66. The summed E-state index contributed by atoms with van der Waals surface area (Å²) in [5.74, 6) is -0.417. The van der Waals surface area contributed by atoms with Gasteiger partial charge in [-0.3, -0.25) is 14.5 Å². The van der Waals surface area contributed by atoms with E-state index in [0.717, 1.165) is 22.2 Å². The molecule has 6 nitrogen and oxygen atoms in total. The highest BCUT2D eigenvalue weighted by atomic mass is 35.5. The van der Waals surface area contributed by atoms with Crippen LogP contribution in [-0.4, -0.2) is 29.1 Å². The first-order chi connectivity index (χ1) is 16.7. The molecule has 0 spiro atoms. The number of benzene rings is 3. The number of methoxy groups -OCH3 is 1. The lowest BCUT2D eigenvalue weighted by Gasteiger charge is -2.13. The van der Waals surface area contributed by atoms with Gasteiger partial charge in [-0.1, -0.05) is 53.0 Å². The van der Waals surface area contributed by atoms with E-state index in [9.17, 15) is 14.4 Å². The zero-order valence-electron chi connectivity index (χ0n) is 18.7. The molecule has 0 radical (unpaired) electrons. The van der Waals surface area contributed by atoms with E-state index in [1.54, 1.807) is 54.6 Å². The molecular formula is C26H19Cl2NO5S. The first kappa shape index (κ1) is 24.9. The van der Waals surface area contributed by atoms with Gasteiger partial charge in [0.1, 0.15) is 0 Å². The SMILES string of the molecule is COc1ccc(/C=C2\SC(=O)N(Cc3ccc(Cl)c(Cl)c3)C2=O)cc1OC(=O)c1ccc(C)cc1. The monoisotopic (exact) mass is 527 g/mol. The molecule has 0 N–H and O–H groups in total. The molecule has 3 aromatic rings. The highest BCUT2D eigenvalue weighted by Gasteiger charge is 2.35. The molecule has 0 unspecified atom stereocenters. The number of carbonyl (C=O) groups is 3. The molecule has 0 bridgehead atoms. The van der Waals surface area contributed by atoms with Gasteiger partial charge < -0.3 is 9.47 Å². The van der Waals surface area contributed by atoms with Crippen LogP contribution in [-0.2, 0) is 11.3 Å². The van der Waals surface area contributed by atoms with Gasteiger partial charge >= 0.3 is 5.97 Å². The van der Waals surface area contributed by atoms with E-state index in [1.165, 1.54) is 7.11 Å². The van der Waals surface area contributed by atoms with Gasteiger partial charge in [0.25, 0.3) is 11.1 Å². The van der Waals surface area contributed by atoms with Crippen molar-refractivity contribution in [2.75, 3.05) is 7.11 Å². The number of thioether (sulfide) groups is 1. The van der Waals surface area contributed by atoms with Crippen LogP contribution >= 0.6 is 35.0 Å². The smallest absolute Gasteiger partial charge is 0.343 e. The number of carbonyl (C=O) groups excluding carboxylic acids is 3. The molecule has 1 fully saturated rings. The first-order valence-electron chi connectivity index (χ1n) is 10.4. The van der Waals surface area contributed by atoms with Crippen molar-refractivity contribution in [3.63, 3.8) is 0 Å². The lowest BCUT2D eigenvalue weighted by atomic mass is 10.1. The molecular weight excluding hydrogens is 509 g/mol. The zero-order valence-corrected chi connectivity index (χ0v) is 21.0. The second-order valence-electron chi connectivity index (χ2n) is 7.68. The van der Waals surface area contributed by atoms with Crippen LogP contribution < -0.4 is 9.47 Å². The fraction of sp³-hybridized carbons (Fsp3) is 0.115. The summed E-state index contributed by atoms with van der Waals surface area (Å²) in [4.78, 5) is 39.4. The average molecular weight is 528 g/mol. The predicted octanol–water partition coefficient (Wildman–Crippen LogP) is 6.77. The summed E-state index contributed by atoms with van der Waals surface area (Å²) in [5, 5.41) is 0.340. The van der Waals surface area contributed by atoms with E-state index in [4.69, 9.17) is 32.7 Å². The number of nitrogens with zero attached hydrogens (tertiary/aromatic N) is 1. The Balaban J connectivity index is 1.55. The Morgan fingerprint density at radius 3 is 2.40 bits per heavy atom. The normalized spacial score (nSPS) is 14.5. The number of halogens is 2. The van der Waals surface area contributed by atoms with Gasteiger partial charge in [0, 0.05) is 0 Å². The minimum absolute atomic E-state index is 0.0704. The Morgan fingerprint density at radius 1 is 0.971 bits per heavy atom. The molecule has 0 aromatic heterocycles. The van der Waals surface area contributed by atoms with Crippen LogP contribution in [0.25, 0.3) is 6.08 Å². The third-order valence-electron chi connectivity index (χ3n) is 5.17. The largest absolute Gasteiger partial charge is 0.493 e. The van der Waals surface area contributed by atoms with Gasteiger partial charge in [-0.25, -0.2) is 4.79 Å². The van der Waals surface area contributed by atoms with Crippen LogP contribution in [0.15, 0.2) is 65.6 Å². The van der Waals surface area contributed by atoms with Gasteiger partial charge in [0.2, 0.25) is 0 Å². The topological polar surface area (TPSA) is 72.9 Å². The number of imide groups is 1. The Hall–Kier alpha value is -3.26. The maximum atomic E-state index is 12.9. The van der Waals surface area contributed by atoms with Crippen molar-refractivity contribution < 1.29 is 23.9 Å². The van der Waals surface area contributed by atoms with E-state index in [1.807, 2.05) is 19.1 Å². The van der Waals surface area contributed by atoms with Crippen LogP contribution in [0, 0.1) is 6.92 Å². The van der Waals surface area contributed by atoms with E-state index < -0.39 is 17.1 Å². The third kappa shape index (κ3) is 5.70. The fourth-order valence-corrected chi connectivity index (χ4v) is 4.48. The quantitative estimate of drug-likeness (QED) is 0.200. The fourth-order valence-electron chi connectivity index (χ4n) is 3.32. The number of aryl methyl sites for hydroxylation is 1. The van der Waals surface area contributed by atoms with E-state index in [2.05, 4.69) is 0 Å². The standard InChI is InChI=1S/C26H19Cl2NO5S/c1-15-3-7-18(8-4-15)25(31)34-22-12-16(6-10-21(22)33-2)13-23-24(30)29(26(32)35-23)14-17-5-9-19(27)20(28)11-17/h3-13H,14H2,1-2H3/b23-13-. The number of ether oxygens (including phenoxy) is 2. The second-order valence-corrected chi connectivity index (χ2v) is 9.49. The van der Waals surface area contributed by atoms with Crippen molar-refractivity contribution in [3.8, 4) is 11.5 Å². The molecule has 3 aromatic carbocycles. The highest BCUT2D eigenvalue weighted by molar-refractivity contribution is 8.18. The van der Waals surface area contributed by atoms with Crippen molar-refractivity contribution in [3.05, 3.63) is 97.9 Å². The van der Waals surface area contributed by atoms with Crippen LogP contribution in [0.3, 0.4) is 0 Å². The van der Waals surface area contributed by atoms with Crippen molar-refractivity contribution in [1.82, 2.24) is 4.90 Å². The van der Waals surface area contributed by atoms with Crippen molar-refractivity contribution in [2.45, 2.75) is 13.5 Å². The Labute approximate surface area is 216 Å². The molecule has 0 saturated carbocycles. The summed E-state index contributed by atoms with van der Waals surface area (Å²) < 4.78 is 10.9. The van der Waals surface area contributed by atoms with E-state index in [-0.39, 0.29) is 17.2 Å².